The fourth-order valence-electron chi connectivity index (χ4n) is 1.56. The first kappa shape index (κ1) is 16.4. The molecule has 0 fully saturated rings. The molecule has 0 N–H and O–H groups in total. The molecule has 0 aromatic heterocycles. The average molecular weight is 273 g/mol. The largest absolute Gasteiger partial charge is 0.497 e. The van der Waals surface area contributed by atoms with Gasteiger partial charge in [-0.15, -0.1) is 12.4 Å². The van der Waals surface area contributed by atoms with Crippen LogP contribution in [-0.2, 0) is 14.3 Å². The van der Waals surface area contributed by atoms with Crippen LogP contribution < -0.4 is 4.74 Å². The van der Waals surface area contributed by atoms with E-state index in [1.807, 2.05) is 0 Å². The Hall–Kier alpha value is -1.55. The van der Waals surface area contributed by atoms with Crippen LogP contribution in [-0.4, -0.2) is 25.5 Å². The van der Waals surface area contributed by atoms with Crippen molar-refractivity contribution in [3.63, 3.8) is 0 Å². The fourth-order valence-corrected chi connectivity index (χ4v) is 1.56. The molecular formula is C13H17ClO4. The second-order valence-electron chi connectivity index (χ2n) is 3.57. The van der Waals surface area contributed by atoms with E-state index in [1.165, 1.54) is 6.92 Å². The molecule has 0 amide bonds. The Morgan fingerprint density at radius 3 is 2.17 bits per heavy atom. The van der Waals surface area contributed by atoms with E-state index in [0.29, 0.717) is 11.3 Å². The minimum atomic E-state index is -0.846. The molecule has 1 aromatic rings. The molecule has 0 heterocycles. The van der Waals surface area contributed by atoms with E-state index < -0.39 is 11.9 Å². The molecule has 1 aromatic carbocycles. The van der Waals surface area contributed by atoms with E-state index in [9.17, 15) is 9.59 Å². The zero-order chi connectivity index (χ0) is 12.8. The topological polar surface area (TPSA) is 52.6 Å². The van der Waals surface area contributed by atoms with E-state index in [4.69, 9.17) is 9.47 Å². The van der Waals surface area contributed by atoms with Crippen molar-refractivity contribution in [2.75, 3.05) is 13.7 Å². The molecule has 0 aliphatic rings. The van der Waals surface area contributed by atoms with Gasteiger partial charge in [-0.05, 0) is 31.5 Å². The van der Waals surface area contributed by atoms with Crippen molar-refractivity contribution in [2.45, 2.75) is 19.8 Å². The lowest BCUT2D eigenvalue weighted by atomic mass is 9.95. The minimum absolute atomic E-state index is 0. The zero-order valence-corrected chi connectivity index (χ0v) is 11.5. The second kappa shape index (κ2) is 7.71. The number of ketones is 1. The van der Waals surface area contributed by atoms with Gasteiger partial charge in [0.15, 0.2) is 0 Å². The van der Waals surface area contributed by atoms with Gasteiger partial charge in [0, 0.05) is 0 Å². The first-order chi connectivity index (χ1) is 8.10. The lowest BCUT2D eigenvalue weighted by Crippen LogP contribution is -2.22. The highest BCUT2D eigenvalue weighted by Gasteiger charge is 2.26. The second-order valence-corrected chi connectivity index (χ2v) is 3.57. The molecule has 4 nitrogen and oxygen atoms in total. The molecule has 0 radical (unpaired) electrons. The van der Waals surface area contributed by atoms with Crippen LogP contribution in [0.2, 0.25) is 0 Å². The third-order valence-electron chi connectivity index (χ3n) is 2.38. The van der Waals surface area contributed by atoms with E-state index in [1.54, 1.807) is 38.3 Å². The summed E-state index contributed by atoms with van der Waals surface area (Å²) in [5.41, 5.74) is 0.622. The van der Waals surface area contributed by atoms with Gasteiger partial charge in [-0.1, -0.05) is 12.1 Å². The Morgan fingerprint density at radius 1 is 1.22 bits per heavy atom. The first-order valence-electron chi connectivity index (χ1n) is 5.41. The van der Waals surface area contributed by atoms with E-state index >= 15 is 0 Å². The average Bonchev–Trinajstić information content (AvgIpc) is 2.30. The van der Waals surface area contributed by atoms with Crippen molar-refractivity contribution in [1.82, 2.24) is 0 Å². The summed E-state index contributed by atoms with van der Waals surface area (Å²) in [6.07, 6.45) is 0. The smallest absolute Gasteiger partial charge is 0.320 e. The highest BCUT2D eigenvalue weighted by atomic mass is 35.5. The molecule has 0 spiro atoms. The number of esters is 1. The summed E-state index contributed by atoms with van der Waals surface area (Å²) < 4.78 is 9.90. The van der Waals surface area contributed by atoms with Crippen molar-refractivity contribution in [3.05, 3.63) is 29.8 Å². The molecule has 18 heavy (non-hydrogen) atoms. The summed E-state index contributed by atoms with van der Waals surface area (Å²) >= 11 is 0. The summed E-state index contributed by atoms with van der Waals surface area (Å²) in [6.45, 7) is 3.35. The molecule has 5 heteroatoms. The Balaban J connectivity index is 0.00000289. The highest BCUT2D eigenvalue weighted by Crippen LogP contribution is 2.21. The predicted octanol–water partition coefficient (Wildman–Crippen LogP) is 2.35. The van der Waals surface area contributed by atoms with Crippen LogP contribution in [0.25, 0.3) is 0 Å². The van der Waals surface area contributed by atoms with Crippen molar-refractivity contribution in [1.29, 1.82) is 0 Å². The number of Topliss-reactive ketones (excluding diaryl/α,β-unsaturated/α-hetero) is 1. The number of carbonyl (C=O) groups is 2. The third kappa shape index (κ3) is 4.04. The van der Waals surface area contributed by atoms with Gasteiger partial charge in [-0.2, -0.15) is 0 Å². The Labute approximate surface area is 113 Å². The summed E-state index contributed by atoms with van der Waals surface area (Å²) in [5.74, 6) is -0.903. The van der Waals surface area contributed by atoms with Crippen molar-refractivity contribution >= 4 is 24.2 Å². The summed E-state index contributed by atoms with van der Waals surface area (Å²) in [6, 6.07) is 6.82. The van der Waals surface area contributed by atoms with Crippen LogP contribution >= 0.6 is 12.4 Å². The van der Waals surface area contributed by atoms with Crippen molar-refractivity contribution in [3.8, 4) is 5.75 Å². The molecule has 0 aliphatic carbocycles. The van der Waals surface area contributed by atoms with Gasteiger partial charge in [0.1, 0.15) is 17.5 Å². The number of benzene rings is 1. The number of hydrogen-bond donors (Lipinski definition) is 0. The maximum Gasteiger partial charge on any atom is 0.320 e. The number of methoxy groups -OCH3 is 1. The summed E-state index contributed by atoms with van der Waals surface area (Å²) in [4.78, 5) is 23.1. The molecule has 0 bridgehead atoms. The van der Waals surface area contributed by atoms with Crippen LogP contribution in [0.15, 0.2) is 24.3 Å². The van der Waals surface area contributed by atoms with Crippen LogP contribution in [0.5, 0.6) is 5.75 Å². The number of ether oxygens (including phenoxy) is 2. The standard InChI is InChI=1S/C13H16O4.ClH/c1-4-17-13(15)12(9(2)14)10-5-7-11(16-3)8-6-10;/h5-8,12H,4H2,1-3H3;1H. The molecule has 100 valence electrons. The van der Waals surface area contributed by atoms with Crippen LogP contribution in [0.3, 0.4) is 0 Å². The zero-order valence-electron chi connectivity index (χ0n) is 10.6. The highest BCUT2D eigenvalue weighted by molar-refractivity contribution is 6.03. The number of carbonyl (C=O) groups excluding carboxylic acids is 2. The summed E-state index contributed by atoms with van der Waals surface area (Å²) in [5, 5.41) is 0. The molecule has 0 saturated carbocycles. The van der Waals surface area contributed by atoms with Crippen LogP contribution in [0.1, 0.15) is 25.3 Å². The number of halogens is 1. The van der Waals surface area contributed by atoms with Gasteiger partial charge in [0.2, 0.25) is 0 Å². The normalized spacial score (nSPS) is 11.1. The monoisotopic (exact) mass is 272 g/mol. The Morgan fingerprint density at radius 2 is 1.78 bits per heavy atom. The minimum Gasteiger partial charge on any atom is -0.497 e. The summed E-state index contributed by atoms with van der Waals surface area (Å²) in [7, 11) is 1.56. The lowest BCUT2D eigenvalue weighted by Gasteiger charge is -2.13. The van der Waals surface area contributed by atoms with Crippen molar-refractivity contribution in [2.24, 2.45) is 0 Å². The van der Waals surface area contributed by atoms with Gasteiger partial charge in [-0.3, -0.25) is 9.59 Å². The van der Waals surface area contributed by atoms with Gasteiger partial charge < -0.3 is 9.47 Å². The molecule has 1 rings (SSSR count). The number of hydrogen-bond acceptors (Lipinski definition) is 4. The van der Waals surface area contributed by atoms with E-state index in [-0.39, 0.29) is 24.8 Å². The molecule has 1 atom stereocenters. The SMILES string of the molecule is CCOC(=O)C(C(C)=O)c1ccc(OC)cc1.Cl. The fraction of sp³-hybridized carbons (Fsp3) is 0.385. The Kier molecular flexibility index (Phi) is 7.05. The van der Waals surface area contributed by atoms with Gasteiger partial charge in [-0.25, -0.2) is 0 Å². The van der Waals surface area contributed by atoms with E-state index in [2.05, 4.69) is 0 Å². The van der Waals surface area contributed by atoms with Gasteiger partial charge in [0.05, 0.1) is 13.7 Å². The predicted molar refractivity (Wildman–Crippen MR) is 70.3 cm³/mol. The lowest BCUT2D eigenvalue weighted by molar-refractivity contribution is -0.147. The van der Waals surface area contributed by atoms with Crippen LogP contribution in [0, 0.1) is 0 Å². The maximum atomic E-state index is 11.7. The van der Waals surface area contributed by atoms with E-state index in [0.717, 1.165) is 0 Å². The Bertz CT molecular complexity index is 400. The molecule has 0 saturated heterocycles. The van der Waals surface area contributed by atoms with Crippen LogP contribution in [0.4, 0.5) is 0 Å². The quantitative estimate of drug-likeness (QED) is 0.610. The molecular weight excluding hydrogens is 256 g/mol. The molecule has 0 aliphatic heterocycles. The first-order valence-corrected chi connectivity index (χ1v) is 5.41. The van der Waals surface area contributed by atoms with Gasteiger partial charge in [0.25, 0.3) is 0 Å². The third-order valence-corrected chi connectivity index (χ3v) is 2.38. The van der Waals surface area contributed by atoms with Crippen molar-refractivity contribution < 1.29 is 19.1 Å². The maximum absolute atomic E-state index is 11.7. The number of rotatable bonds is 5. The van der Waals surface area contributed by atoms with Gasteiger partial charge >= 0.3 is 5.97 Å². The molecule has 1 unspecified atom stereocenters.